The molecule has 2 heterocycles. The zero-order chi connectivity index (χ0) is 17.1. The van der Waals surface area contributed by atoms with Crippen LogP contribution in [-0.2, 0) is 12.8 Å². The average molecular weight is 341 g/mol. The Kier molecular flexibility index (Phi) is 4.76. The van der Waals surface area contributed by atoms with Crippen molar-refractivity contribution < 1.29 is 9.21 Å². The van der Waals surface area contributed by atoms with Crippen molar-refractivity contribution in [2.24, 2.45) is 7.05 Å². The summed E-state index contributed by atoms with van der Waals surface area (Å²) in [6.45, 7) is 4.00. The van der Waals surface area contributed by atoms with Crippen LogP contribution in [0.5, 0.6) is 0 Å². The molecule has 3 aromatic rings. The number of nitrogens with zero attached hydrogens (tertiary/aromatic N) is 2. The first-order valence-corrected chi connectivity index (χ1v) is 8.59. The van der Waals surface area contributed by atoms with Crippen LogP contribution in [0.1, 0.15) is 27.4 Å². The molecule has 1 amide bonds. The smallest absolute Gasteiger partial charge is 0.291 e. The number of hydrogen-bond donors (Lipinski definition) is 1. The van der Waals surface area contributed by atoms with Crippen LogP contribution in [0.3, 0.4) is 0 Å². The molecule has 0 fully saturated rings. The Morgan fingerprint density at radius 1 is 1.29 bits per heavy atom. The van der Waals surface area contributed by atoms with Crippen molar-refractivity contribution in [3.05, 3.63) is 65.4 Å². The molecule has 0 unspecified atom stereocenters. The van der Waals surface area contributed by atoms with E-state index in [0.717, 1.165) is 27.7 Å². The SMILES string of the molecule is Cc1ccc(NC(=O)c2ccc(CSc3nccn3C)o2)c(C)c1. The number of rotatable bonds is 5. The highest BCUT2D eigenvalue weighted by molar-refractivity contribution is 7.98. The summed E-state index contributed by atoms with van der Waals surface area (Å²) in [5, 5.41) is 3.80. The van der Waals surface area contributed by atoms with Crippen molar-refractivity contribution in [3.63, 3.8) is 0 Å². The topological polar surface area (TPSA) is 60.1 Å². The molecule has 1 aromatic carbocycles. The number of thioether (sulfide) groups is 1. The number of aryl methyl sites for hydroxylation is 3. The second-order valence-electron chi connectivity index (χ2n) is 5.65. The molecule has 2 aromatic heterocycles. The van der Waals surface area contributed by atoms with Crippen molar-refractivity contribution >= 4 is 23.4 Å². The van der Waals surface area contributed by atoms with Gasteiger partial charge in [-0.15, -0.1) is 0 Å². The number of amides is 1. The summed E-state index contributed by atoms with van der Waals surface area (Å²) in [6, 6.07) is 9.44. The molecule has 124 valence electrons. The van der Waals surface area contributed by atoms with Crippen molar-refractivity contribution in [1.82, 2.24) is 9.55 Å². The Morgan fingerprint density at radius 3 is 2.83 bits per heavy atom. The lowest BCUT2D eigenvalue weighted by Crippen LogP contribution is -2.11. The van der Waals surface area contributed by atoms with Crippen molar-refractivity contribution in [1.29, 1.82) is 0 Å². The monoisotopic (exact) mass is 341 g/mol. The molecule has 0 atom stereocenters. The molecule has 0 saturated heterocycles. The first-order chi connectivity index (χ1) is 11.5. The average Bonchev–Trinajstić information content (AvgIpc) is 3.17. The maximum atomic E-state index is 12.3. The molecule has 0 aliphatic heterocycles. The van der Waals surface area contributed by atoms with Crippen molar-refractivity contribution in [2.45, 2.75) is 24.8 Å². The number of carbonyl (C=O) groups excluding carboxylic acids is 1. The van der Waals surface area contributed by atoms with Gasteiger partial charge < -0.3 is 14.3 Å². The minimum absolute atomic E-state index is 0.241. The largest absolute Gasteiger partial charge is 0.455 e. The molecular formula is C18H19N3O2S. The summed E-state index contributed by atoms with van der Waals surface area (Å²) in [4.78, 5) is 16.6. The van der Waals surface area contributed by atoms with Gasteiger partial charge in [-0.1, -0.05) is 29.5 Å². The predicted molar refractivity (Wildman–Crippen MR) is 95.3 cm³/mol. The Labute approximate surface area is 145 Å². The molecule has 1 N–H and O–H groups in total. The van der Waals surface area contributed by atoms with Gasteiger partial charge in [0.25, 0.3) is 5.91 Å². The minimum atomic E-state index is -0.241. The van der Waals surface area contributed by atoms with Gasteiger partial charge in [0, 0.05) is 25.1 Å². The third kappa shape index (κ3) is 3.71. The van der Waals surface area contributed by atoms with Crippen molar-refractivity contribution in [3.8, 4) is 0 Å². The van der Waals surface area contributed by atoms with E-state index in [1.54, 1.807) is 24.0 Å². The van der Waals surface area contributed by atoms with Gasteiger partial charge in [0.05, 0.1) is 5.75 Å². The Morgan fingerprint density at radius 2 is 2.12 bits per heavy atom. The number of carbonyl (C=O) groups is 1. The van der Waals surface area contributed by atoms with Crippen LogP contribution in [0.2, 0.25) is 0 Å². The fourth-order valence-electron chi connectivity index (χ4n) is 2.34. The standard InChI is InChI=1S/C18H19N3O2S/c1-12-4-6-15(13(2)10-12)20-17(22)16-7-5-14(23-16)11-24-18-19-8-9-21(18)3/h4-10H,11H2,1-3H3,(H,20,22). The summed E-state index contributed by atoms with van der Waals surface area (Å²) in [6.07, 6.45) is 3.65. The number of imidazole rings is 1. The van der Waals surface area contributed by atoms with E-state index < -0.39 is 0 Å². The highest BCUT2D eigenvalue weighted by Gasteiger charge is 2.13. The maximum absolute atomic E-state index is 12.3. The van der Waals surface area contributed by atoms with E-state index in [0.29, 0.717) is 11.5 Å². The molecule has 0 radical (unpaired) electrons. The van der Waals surface area contributed by atoms with Crippen molar-refractivity contribution in [2.75, 3.05) is 5.32 Å². The number of benzene rings is 1. The zero-order valence-electron chi connectivity index (χ0n) is 13.9. The third-order valence-corrected chi connectivity index (χ3v) is 4.72. The fraction of sp³-hybridized carbons (Fsp3) is 0.222. The Balaban J connectivity index is 1.64. The van der Waals surface area contributed by atoms with Crippen LogP contribution in [0, 0.1) is 13.8 Å². The van der Waals surface area contributed by atoms with Gasteiger partial charge in [0.2, 0.25) is 0 Å². The van der Waals surface area contributed by atoms with Gasteiger partial charge in [0.1, 0.15) is 5.76 Å². The number of nitrogens with one attached hydrogen (secondary N) is 1. The van der Waals surface area contributed by atoms with Gasteiger partial charge >= 0.3 is 0 Å². The van der Waals surface area contributed by atoms with Crippen LogP contribution in [0.15, 0.2) is 52.3 Å². The Bertz CT molecular complexity index is 867. The van der Waals surface area contributed by atoms with Crippen LogP contribution < -0.4 is 5.32 Å². The molecule has 24 heavy (non-hydrogen) atoms. The van der Waals surface area contributed by atoms with Crippen LogP contribution in [0.4, 0.5) is 5.69 Å². The molecule has 0 bridgehead atoms. The molecule has 0 aliphatic carbocycles. The lowest BCUT2D eigenvalue weighted by Gasteiger charge is -2.07. The Hall–Kier alpha value is -2.47. The number of furan rings is 1. The summed E-state index contributed by atoms with van der Waals surface area (Å²) in [5.41, 5.74) is 2.99. The minimum Gasteiger partial charge on any atom is -0.455 e. The molecule has 6 heteroatoms. The molecule has 3 rings (SSSR count). The van der Waals surface area contributed by atoms with E-state index in [9.17, 15) is 4.79 Å². The normalized spacial score (nSPS) is 10.8. The molecular weight excluding hydrogens is 322 g/mol. The quantitative estimate of drug-likeness (QED) is 0.708. The summed E-state index contributed by atoms with van der Waals surface area (Å²) in [7, 11) is 1.94. The van der Waals surface area contributed by atoms with Crippen LogP contribution in [0.25, 0.3) is 0 Å². The van der Waals surface area contributed by atoms with Gasteiger partial charge in [0.15, 0.2) is 10.9 Å². The number of anilines is 1. The number of hydrogen-bond acceptors (Lipinski definition) is 4. The first-order valence-electron chi connectivity index (χ1n) is 7.60. The maximum Gasteiger partial charge on any atom is 0.291 e. The lowest BCUT2D eigenvalue weighted by atomic mass is 10.1. The molecule has 5 nitrogen and oxygen atoms in total. The summed E-state index contributed by atoms with van der Waals surface area (Å²) >= 11 is 1.57. The lowest BCUT2D eigenvalue weighted by molar-refractivity contribution is 0.0995. The van der Waals surface area contributed by atoms with E-state index in [2.05, 4.69) is 10.3 Å². The second kappa shape index (κ2) is 6.97. The van der Waals surface area contributed by atoms with E-state index in [4.69, 9.17) is 4.42 Å². The summed E-state index contributed by atoms with van der Waals surface area (Å²) in [5.74, 6) is 1.44. The zero-order valence-corrected chi connectivity index (χ0v) is 14.7. The van der Waals surface area contributed by atoms with Crippen LogP contribution >= 0.6 is 11.8 Å². The van der Waals surface area contributed by atoms with E-state index >= 15 is 0 Å². The molecule has 0 aliphatic rings. The third-order valence-electron chi connectivity index (χ3n) is 3.64. The second-order valence-corrected chi connectivity index (χ2v) is 6.59. The molecule has 0 saturated carbocycles. The fourth-order valence-corrected chi connectivity index (χ4v) is 3.17. The van der Waals surface area contributed by atoms with Crippen LogP contribution in [-0.4, -0.2) is 15.5 Å². The van der Waals surface area contributed by atoms with Gasteiger partial charge in [-0.3, -0.25) is 4.79 Å². The highest BCUT2D eigenvalue weighted by atomic mass is 32.2. The van der Waals surface area contributed by atoms with Gasteiger partial charge in [-0.2, -0.15) is 0 Å². The van der Waals surface area contributed by atoms with E-state index in [-0.39, 0.29) is 5.91 Å². The highest BCUT2D eigenvalue weighted by Crippen LogP contribution is 2.23. The van der Waals surface area contributed by atoms with E-state index in [1.165, 1.54) is 0 Å². The van der Waals surface area contributed by atoms with Gasteiger partial charge in [-0.05, 0) is 37.6 Å². The first kappa shape index (κ1) is 16.4. The van der Waals surface area contributed by atoms with E-state index in [1.807, 2.05) is 55.9 Å². The molecule has 0 spiro atoms. The van der Waals surface area contributed by atoms with Gasteiger partial charge in [-0.25, -0.2) is 4.98 Å². The predicted octanol–water partition coefficient (Wildman–Crippen LogP) is 4.17. The summed E-state index contributed by atoms with van der Waals surface area (Å²) < 4.78 is 7.60. The number of aromatic nitrogens is 2.